The number of rotatable bonds is 2. The Balaban J connectivity index is 2.46. The molecule has 1 amide bonds. The molecule has 2 rings (SSSR count). The summed E-state index contributed by atoms with van der Waals surface area (Å²) < 4.78 is 4.73. The van der Waals surface area contributed by atoms with Gasteiger partial charge >= 0.3 is 5.97 Å². The zero-order valence-electron chi connectivity index (χ0n) is 9.53. The van der Waals surface area contributed by atoms with Gasteiger partial charge in [0.25, 0.3) is 0 Å². The number of amides is 1. The van der Waals surface area contributed by atoms with Crippen LogP contribution in [0.5, 0.6) is 0 Å². The van der Waals surface area contributed by atoms with Crippen molar-refractivity contribution in [2.45, 2.75) is 12.8 Å². The molecule has 0 saturated heterocycles. The standard InChI is InChI=1S/C13H13NO3/c1-17-13(16)10-7-8-11(15)14-12(10)9-5-3-2-4-6-9/h2-6H,7-8H2,1H3,(H,14,15). The molecule has 4 heteroatoms. The van der Waals surface area contributed by atoms with Gasteiger partial charge in [-0.05, 0) is 12.0 Å². The Morgan fingerprint density at radius 2 is 1.94 bits per heavy atom. The van der Waals surface area contributed by atoms with Crippen LogP contribution in [0.2, 0.25) is 0 Å². The fourth-order valence-electron chi connectivity index (χ4n) is 1.82. The molecular formula is C13H13NO3. The Morgan fingerprint density at radius 3 is 2.59 bits per heavy atom. The Hall–Kier alpha value is -2.10. The average Bonchev–Trinajstić information content (AvgIpc) is 2.39. The summed E-state index contributed by atoms with van der Waals surface area (Å²) in [6, 6.07) is 9.30. The van der Waals surface area contributed by atoms with Crippen LogP contribution in [0.25, 0.3) is 5.70 Å². The molecule has 0 aromatic heterocycles. The van der Waals surface area contributed by atoms with E-state index in [0.717, 1.165) is 5.56 Å². The highest BCUT2D eigenvalue weighted by molar-refractivity contribution is 6.03. The van der Waals surface area contributed by atoms with E-state index >= 15 is 0 Å². The van der Waals surface area contributed by atoms with Crippen LogP contribution in [0.1, 0.15) is 18.4 Å². The summed E-state index contributed by atoms with van der Waals surface area (Å²) in [5.41, 5.74) is 1.91. The number of methoxy groups -OCH3 is 1. The molecule has 88 valence electrons. The zero-order chi connectivity index (χ0) is 12.3. The van der Waals surface area contributed by atoms with Crippen molar-refractivity contribution in [1.82, 2.24) is 5.32 Å². The topological polar surface area (TPSA) is 55.4 Å². The minimum atomic E-state index is -0.385. The van der Waals surface area contributed by atoms with E-state index in [4.69, 9.17) is 4.74 Å². The molecule has 0 saturated carbocycles. The lowest BCUT2D eigenvalue weighted by atomic mass is 9.98. The Kier molecular flexibility index (Phi) is 3.23. The summed E-state index contributed by atoms with van der Waals surface area (Å²) in [6.45, 7) is 0. The van der Waals surface area contributed by atoms with Gasteiger partial charge in [0, 0.05) is 6.42 Å². The molecule has 0 atom stereocenters. The van der Waals surface area contributed by atoms with Gasteiger partial charge in [-0.25, -0.2) is 4.79 Å². The number of carbonyl (C=O) groups is 2. The maximum Gasteiger partial charge on any atom is 0.335 e. The number of hydrogen-bond donors (Lipinski definition) is 1. The molecule has 0 spiro atoms. The first kappa shape index (κ1) is 11.4. The molecule has 1 N–H and O–H groups in total. The van der Waals surface area contributed by atoms with Crippen molar-refractivity contribution < 1.29 is 14.3 Å². The van der Waals surface area contributed by atoms with Gasteiger partial charge in [0.2, 0.25) is 5.91 Å². The van der Waals surface area contributed by atoms with Crippen LogP contribution in [-0.4, -0.2) is 19.0 Å². The summed E-state index contributed by atoms with van der Waals surface area (Å²) in [5.74, 6) is -0.458. The van der Waals surface area contributed by atoms with E-state index in [9.17, 15) is 9.59 Å². The van der Waals surface area contributed by atoms with Gasteiger partial charge in [-0.1, -0.05) is 30.3 Å². The second kappa shape index (κ2) is 4.82. The molecule has 1 aromatic carbocycles. The molecule has 0 fully saturated rings. The van der Waals surface area contributed by atoms with Crippen molar-refractivity contribution in [3.63, 3.8) is 0 Å². The quantitative estimate of drug-likeness (QED) is 0.784. The van der Waals surface area contributed by atoms with Gasteiger partial charge in [0.1, 0.15) is 0 Å². The van der Waals surface area contributed by atoms with Crippen molar-refractivity contribution in [2.24, 2.45) is 0 Å². The summed E-state index contributed by atoms with van der Waals surface area (Å²) >= 11 is 0. The van der Waals surface area contributed by atoms with E-state index < -0.39 is 0 Å². The van der Waals surface area contributed by atoms with Crippen molar-refractivity contribution in [3.8, 4) is 0 Å². The smallest absolute Gasteiger partial charge is 0.335 e. The van der Waals surface area contributed by atoms with Crippen molar-refractivity contribution in [2.75, 3.05) is 7.11 Å². The summed E-state index contributed by atoms with van der Waals surface area (Å²) in [5, 5.41) is 2.74. The summed E-state index contributed by atoms with van der Waals surface area (Å²) in [6.07, 6.45) is 0.740. The van der Waals surface area contributed by atoms with Gasteiger partial charge in [-0.2, -0.15) is 0 Å². The maximum atomic E-state index is 11.6. The second-order valence-corrected chi connectivity index (χ2v) is 3.76. The molecule has 1 aliphatic rings. The average molecular weight is 231 g/mol. The fourth-order valence-corrected chi connectivity index (χ4v) is 1.82. The Bertz CT molecular complexity index is 477. The molecule has 0 radical (unpaired) electrons. The third kappa shape index (κ3) is 2.36. The minimum Gasteiger partial charge on any atom is -0.466 e. The van der Waals surface area contributed by atoms with E-state index in [-0.39, 0.29) is 11.9 Å². The van der Waals surface area contributed by atoms with Gasteiger partial charge in [0.15, 0.2) is 0 Å². The molecular weight excluding hydrogens is 218 g/mol. The van der Waals surface area contributed by atoms with Crippen LogP contribution in [-0.2, 0) is 14.3 Å². The van der Waals surface area contributed by atoms with Crippen LogP contribution < -0.4 is 5.32 Å². The molecule has 1 heterocycles. The van der Waals surface area contributed by atoms with Gasteiger partial charge < -0.3 is 10.1 Å². The molecule has 17 heavy (non-hydrogen) atoms. The Morgan fingerprint density at radius 1 is 1.24 bits per heavy atom. The molecule has 0 aliphatic carbocycles. The number of nitrogens with one attached hydrogen (secondary N) is 1. The van der Waals surface area contributed by atoms with Crippen molar-refractivity contribution >= 4 is 17.6 Å². The Labute approximate surface area is 99.3 Å². The SMILES string of the molecule is COC(=O)C1=C(c2ccccc2)NC(=O)CC1. The van der Waals surface area contributed by atoms with Crippen LogP contribution in [0.3, 0.4) is 0 Å². The van der Waals surface area contributed by atoms with E-state index in [0.29, 0.717) is 24.1 Å². The summed E-state index contributed by atoms with van der Waals surface area (Å²) in [7, 11) is 1.34. The molecule has 0 bridgehead atoms. The molecule has 1 aliphatic heterocycles. The zero-order valence-corrected chi connectivity index (χ0v) is 9.53. The van der Waals surface area contributed by atoms with Gasteiger partial charge in [0.05, 0.1) is 18.4 Å². The van der Waals surface area contributed by atoms with Crippen molar-refractivity contribution in [3.05, 3.63) is 41.5 Å². The highest BCUT2D eigenvalue weighted by Crippen LogP contribution is 2.24. The van der Waals surface area contributed by atoms with Crippen LogP contribution in [0.4, 0.5) is 0 Å². The van der Waals surface area contributed by atoms with Gasteiger partial charge in [-0.15, -0.1) is 0 Å². The van der Waals surface area contributed by atoms with E-state index in [1.54, 1.807) is 0 Å². The number of carbonyl (C=O) groups excluding carboxylic acids is 2. The molecule has 0 unspecified atom stereocenters. The number of esters is 1. The van der Waals surface area contributed by atoms with Crippen LogP contribution in [0.15, 0.2) is 35.9 Å². The predicted molar refractivity (Wildman–Crippen MR) is 62.8 cm³/mol. The molecule has 1 aromatic rings. The lowest BCUT2D eigenvalue weighted by molar-refractivity contribution is -0.136. The maximum absolute atomic E-state index is 11.6. The van der Waals surface area contributed by atoms with E-state index in [1.807, 2.05) is 30.3 Å². The predicted octanol–water partition coefficient (Wildman–Crippen LogP) is 1.48. The first-order valence-electron chi connectivity index (χ1n) is 5.39. The first-order chi connectivity index (χ1) is 8.22. The summed E-state index contributed by atoms with van der Waals surface area (Å²) in [4.78, 5) is 23.0. The number of hydrogen-bond acceptors (Lipinski definition) is 3. The highest BCUT2D eigenvalue weighted by atomic mass is 16.5. The first-order valence-corrected chi connectivity index (χ1v) is 5.39. The monoisotopic (exact) mass is 231 g/mol. The largest absolute Gasteiger partial charge is 0.466 e. The minimum absolute atomic E-state index is 0.0727. The van der Waals surface area contributed by atoms with Crippen molar-refractivity contribution in [1.29, 1.82) is 0 Å². The lowest BCUT2D eigenvalue weighted by Crippen LogP contribution is -2.29. The lowest BCUT2D eigenvalue weighted by Gasteiger charge is -2.19. The fraction of sp³-hybridized carbons (Fsp3) is 0.231. The normalized spacial score (nSPS) is 15.5. The third-order valence-corrected chi connectivity index (χ3v) is 2.66. The van der Waals surface area contributed by atoms with Crippen LogP contribution >= 0.6 is 0 Å². The van der Waals surface area contributed by atoms with E-state index in [1.165, 1.54) is 7.11 Å². The highest BCUT2D eigenvalue weighted by Gasteiger charge is 2.24. The van der Waals surface area contributed by atoms with Crippen LogP contribution in [0, 0.1) is 0 Å². The second-order valence-electron chi connectivity index (χ2n) is 3.76. The van der Waals surface area contributed by atoms with E-state index in [2.05, 4.69) is 5.32 Å². The number of benzene rings is 1. The van der Waals surface area contributed by atoms with Gasteiger partial charge in [-0.3, -0.25) is 4.79 Å². The number of ether oxygens (including phenoxy) is 1. The third-order valence-electron chi connectivity index (χ3n) is 2.66. The molecule has 4 nitrogen and oxygen atoms in total.